The van der Waals surface area contributed by atoms with Crippen molar-refractivity contribution in [2.75, 3.05) is 149 Å². The van der Waals surface area contributed by atoms with Crippen LogP contribution in [0.25, 0.3) is 0 Å². The number of likely N-dealkylation sites (N-methyl/N-ethyl adjacent to an activating group) is 1. The molecule has 1 aromatic rings. The number of amides is 8. The Labute approximate surface area is 561 Å². The molecule has 1 aromatic carbocycles. The van der Waals surface area contributed by atoms with E-state index in [1.807, 2.05) is 25.5 Å². The summed E-state index contributed by atoms with van der Waals surface area (Å²) < 4.78 is 51.3. The van der Waals surface area contributed by atoms with Gasteiger partial charge in [-0.25, -0.2) is 9.59 Å². The Morgan fingerprint density at radius 3 is 2.10 bits per heavy atom. The molecule has 0 aliphatic carbocycles. The predicted molar refractivity (Wildman–Crippen MR) is 350 cm³/mol. The Bertz CT molecular complexity index is 2830. The van der Waals surface area contributed by atoms with Gasteiger partial charge in [-0.05, 0) is 64.3 Å². The summed E-state index contributed by atoms with van der Waals surface area (Å²) in [7, 11) is 5.90. The lowest BCUT2D eigenvalue weighted by Crippen LogP contribution is -2.62. The number of benzene rings is 1. The number of esters is 1. The monoisotopic (exact) mass is 1390 g/mol. The standard InChI is InChI=1S/C61H91ClN8O20S3/c1-38-13-12-14-47(82-9)60(4)32-45(88-59(79)70(60)80)39(2)56-61(5,90-56)48(31-53(75)68(7)43-28-41(27-38)29-44(81-8)55(43)62)89-58(78)40(3)67(6)52(74)15-26-93-46-30-54(76)69(57(46)77)19-16-63-49(71)33-85-24-22-83-20-17-64-50(72)34-86-25-23-84-21-18-65-51(73)35-87-66-42(36-91-10)37-92-11/h12-14,28-29,39-40,45-48,56,80H,15-27,30-37H2,1-11H3,(H,63,71)(H,64,72)(H,65,73)/b14-12+,38-13+/t39?,40-,45-,46?,47+,48-,56-,60+,61-/m0/s1. The van der Waals surface area contributed by atoms with Gasteiger partial charge < -0.3 is 73.2 Å². The summed E-state index contributed by atoms with van der Waals surface area (Å²) in [6.07, 6.45) is 4.61. The highest BCUT2D eigenvalue weighted by molar-refractivity contribution is 8.01. The van der Waals surface area contributed by atoms with Crippen LogP contribution in [0.2, 0.25) is 5.02 Å². The molecule has 0 saturated carbocycles. The minimum Gasteiger partial charge on any atom is -0.495 e. The zero-order valence-electron chi connectivity index (χ0n) is 54.8. The molecule has 4 aliphatic heterocycles. The van der Waals surface area contributed by atoms with Crippen molar-refractivity contribution in [3.63, 3.8) is 0 Å². The van der Waals surface area contributed by atoms with Gasteiger partial charge in [0.25, 0.3) is 5.91 Å². The molecular formula is C61H91ClN8O20S3. The number of imide groups is 1. The average molecular weight is 1390 g/mol. The first-order valence-corrected chi connectivity index (χ1v) is 34.6. The summed E-state index contributed by atoms with van der Waals surface area (Å²) >= 11 is 11.2. The lowest BCUT2D eigenvalue weighted by Gasteiger charge is -2.47. The van der Waals surface area contributed by atoms with Crippen molar-refractivity contribution in [2.24, 2.45) is 11.1 Å². The van der Waals surface area contributed by atoms with Crippen molar-refractivity contribution in [3.8, 4) is 5.75 Å². The van der Waals surface area contributed by atoms with Gasteiger partial charge in [0, 0.05) is 89.8 Å². The smallest absolute Gasteiger partial charge is 0.434 e. The number of thioether (sulfide) groups is 3. The maximum Gasteiger partial charge on any atom is 0.434 e. The number of ether oxygens (including phenoxy) is 9. The molecule has 0 spiro atoms. The SMILES string of the molecule is COc1cc2cc(c1Cl)N(C)C(=O)C[C@H](OC(=O)[C@H](C)N(C)C(=O)CCSC1CC(=O)N(CCNC(=O)COCCOCCNC(=O)COCCOCCNC(=O)CON=C(CSC)CSC)C1=O)[C@]1(C)O[C@H]1C(C)[C@@H]1C[C@](C)([C@H](OC)/C=C/C=C(\C)C2)N(O)C(=O)O1. The van der Waals surface area contributed by atoms with E-state index in [-0.39, 0.29) is 127 Å². The van der Waals surface area contributed by atoms with Crippen LogP contribution in [-0.4, -0.2) is 270 Å². The van der Waals surface area contributed by atoms with Crippen molar-refractivity contribution in [1.82, 2.24) is 30.8 Å². The molecule has 5 rings (SSSR count). The van der Waals surface area contributed by atoms with E-state index in [1.54, 1.807) is 68.6 Å². The van der Waals surface area contributed by atoms with Crippen molar-refractivity contribution >= 4 is 112 Å². The number of epoxide rings is 1. The third-order valence-electron chi connectivity index (χ3n) is 16.0. The minimum absolute atomic E-state index is 0.0238. The third kappa shape index (κ3) is 23.3. The van der Waals surface area contributed by atoms with E-state index in [2.05, 4.69) is 21.1 Å². The summed E-state index contributed by atoms with van der Waals surface area (Å²) in [4.78, 5) is 127. The average Bonchev–Trinajstić information content (AvgIpc) is 1.59. The van der Waals surface area contributed by atoms with Crippen LogP contribution >= 0.6 is 46.9 Å². The number of methoxy groups -OCH3 is 2. The van der Waals surface area contributed by atoms with Crippen LogP contribution in [-0.2, 0) is 87.5 Å². The van der Waals surface area contributed by atoms with E-state index in [1.165, 1.54) is 45.0 Å². The van der Waals surface area contributed by atoms with E-state index in [4.69, 9.17) is 59.1 Å². The number of rotatable bonds is 35. The molecule has 9 atom stereocenters. The van der Waals surface area contributed by atoms with Gasteiger partial charge >= 0.3 is 12.1 Å². The van der Waals surface area contributed by atoms with E-state index >= 15 is 0 Å². The molecule has 0 aromatic heterocycles. The van der Waals surface area contributed by atoms with Gasteiger partial charge in [-0.3, -0.25) is 43.7 Å². The van der Waals surface area contributed by atoms with Crippen LogP contribution in [0, 0.1) is 5.92 Å². The van der Waals surface area contributed by atoms with Gasteiger partial charge in [0.05, 0.1) is 75.9 Å². The van der Waals surface area contributed by atoms with Gasteiger partial charge in [-0.15, -0.1) is 11.8 Å². The van der Waals surface area contributed by atoms with Gasteiger partial charge in [0.2, 0.25) is 35.4 Å². The topological polar surface area (TPSA) is 331 Å². The predicted octanol–water partition coefficient (Wildman–Crippen LogP) is 3.45. The summed E-state index contributed by atoms with van der Waals surface area (Å²) in [5.74, 6) is -2.52. The van der Waals surface area contributed by atoms with E-state index in [9.17, 15) is 48.4 Å². The fourth-order valence-corrected chi connectivity index (χ4v) is 12.9. The van der Waals surface area contributed by atoms with Crippen molar-refractivity contribution in [3.05, 3.63) is 46.5 Å². The second-order valence-corrected chi connectivity index (χ2v) is 26.3. The number of nitrogens with one attached hydrogen (secondary N) is 3. The molecule has 4 N–H and O–H groups in total. The zero-order valence-corrected chi connectivity index (χ0v) is 58.0. The quantitative estimate of drug-likeness (QED) is 0.0144. The Kier molecular flexibility index (Phi) is 32.5. The fourth-order valence-electron chi connectivity index (χ4n) is 10.4. The van der Waals surface area contributed by atoms with Crippen LogP contribution in [0.4, 0.5) is 10.5 Å². The molecule has 28 nitrogen and oxygen atoms in total. The second kappa shape index (κ2) is 38.7. The number of oxime groups is 1. The molecule has 4 heterocycles. The molecule has 4 bridgehead atoms. The Morgan fingerprint density at radius 2 is 1.48 bits per heavy atom. The first kappa shape index (κ1) is 78.0. The first-order valence-electron chi connectivity index (χ1n) is 30.4. The summed E-state index contributed by atoms with van der Waals surface area (Å²) in [5, 5.41) is 23.0. The van der Waals surface area contributed by atoms with Crippen LogP contribution in [0.1, 0.15) is 65.9 Å². The van der Waals surface area contributed by atoms with Crippen molar-refractivity contribution in [1.29, 1.82) is 0 Å². The van der Waals surface area contributed by atoms with Crippen LogP contribution < -0.4 is 25.6 Å². The molecule has 32 heteroatoms. The first-order chi connectivity index (χ1) is 44.3. The van der Waals surface area contributed by atoms with Gasteiger partial charge in [0.15, 0.2) is 6.61 Å². The summed E-state index contributed by atoms with van der Waals surface area (Å²) in [6.45, 7) is 9.33. The number of allylic oxidation sites excluding steroid dienone is 3. The number of likely N-dealkylation sites (tertiary alicyclic amines) is 1. The maximum absolute atomic E-state index is 14.4. The highest BCUT2D eigenvalue weighted by atomic mass is 35.5. The summed E-state index contributed by atoms with van der Waals surface area (Å²) in [5.41, 5.74) is 0.248. The highest BCUT2D eigenvalue weighted by Crippen LogP contribution is 2.50. The fraction of sp³-hybridized carbons (Fsp3) is 0.672. The minimum atomic E-state index is -1.32. The Balaban J connectivity index is 1.01. The molecule has 3 fully saturated rings. The van der Waals surface area contributed by atoms with Crippen LogP contribution in [0.5, 0.6) is 5.75 Å². The van der Waals surface area contributed by atoms with Gasteiger partial charge in [-0.2, -0.15) is 28.6 Å². The van der Waals surface area contributed by atoms with Crippen molar-refractivity contribution in [2.45, 2.75) is 114 Å². The molecule has 3 saturated heterocycles. The maximum atomic E-state index is 14.4. The Morgan fingerprint density at radius 1 is 0.871 bits per heavy atom. The number of hydrogen-bond acceptors (Lipinski definition) is 24. The van der Waals surface area contributed by atoms with Crippen LogP contribution in [0.3, 0.4) is 0 Å². The number of nitrogens with zero attached hydrogens (tertiary/aromatic N) is 5. The zero-order chi connectivity index (χ0) is 68.4. The lowest BCUT2D eigenvalue weighted by atomic mass is 9.79. The molecule has 0 radical (unpaired) electrons. The number of hydroxylamine groups is 2. The number of fused-ring (bicyclic) bond motifs is 5. The van der Waals surface area contributed by atoms with E-state index in [0.717, 1.165) is 45.0 Å². The molecule has 4 aliphatic rings. The molecule has 8 amide bonds. The number of hydrogen-bond donors (Lipinski definition) is 4. The lowest BCUT2D eigenvalue weighted by molar-refractivity contribution is -0.215. The number of anilines is 1. The highest BCUT2D eigenvalue weighted by Gasteiger charge is 2.65. The molecule has 93 heavy (non-hydrogen) atoms. The normalized spacial score (nSPS) is 24.4. The molecule has 520 valence electrons. The third-order valence-corrected chi connectivity index (χ3v) is 18.8. The Hall–Kier alpha value is -5.74. The van der Waals surface area contributed by atoms with Gasteiger partial charge in [0.1, 0.15) is 59.5 Å². The second-order valence-electron chi connectivity index (χ2n) is 22.9. The number of halogens is 1. The van der Waals surface area contributed by atoms with E-state index < -0.39 is 101 Å². The summed E-state index contributed by atoms with van der Waals surface area (Å²) in [6, 6.07) is 2.36. The number of carbonyl (C=O) groups excluding carboxylic acids is 9. The molecule has 2 unspecified atom stereocenters. The molecular weight excluding hydrogens is 1300 g/mol. The largest absolute Gasteiger partial charge is 0.495 e. The van der Waals surface area contributed by atoms with Crippen LogP contribution in [0.15, 0.2) is 41.1 Å². The van der Waals surface area contributed by atoms with Crippen molar-refractivity contribution < 1.29 is 95.8 Å². The van der Waals surface area contributed by atoms with E-state index in [0.29, 0.717) is 22.9 Å². The van der Waals surface area contributed by atoms with Gasteiger partial charge in [-0.1, -0.05) is 47.5 Å². The number of carbonyl (C=O) groups is 9.